The Bertz CT molecular complexity index is 448. The number of hydrogen-bond donors (Lipinski definition) is 2. The summed E-state index contributed by atoms with van der Waals surface area (Å²) in [7, 11) is 0. The van der Waals surface area contributed by atoms with Crippen molar-refractivity contribution in [1.29, 1.82) is 0 Å². The molecule has 0 amide bonds. The van der Waals surface area contributed by atoms with Crippen molar-refractivity contribution in [2.24, 2.45) is 0 Å². The average molecular weight is 321 g/mol. The molecule has 2 aromatic rings. The lowest BCUT2D eigenvalue weighted by molar-refractivity contribution is 1.10. The minimum atomic E-state index is 0.231. The van der Waals surface area contributed by atoms with E-state index in [1.165, 1.54) is 0 Å². The highest BCUT2D eigenvalue weighted by Gasteiger charge is 2.05. The summed E-state index contributed by atoms with van der Waals surface area (Å²) in [5.41, 5.74) is 6.28. The summed E-state index contributed by atoms with van der Waals surface area (Å²) in [5.74, 6) is 0.859. The lowest BCUT2D eigenvalue weighted by atomic mass is 10.2. The number of hydrogen-bond acceptors (Lipinski definition) is 3. The lowest BCUT2D eigenvalue weighted by Crippen LogP contribution is -1.86. The van der Waals surface area contributed by atoms with Gasteiger partial charge < -0.3 is 5.73 Å². The minimum Gasteiger partial charge on any atom is -0.366 e. The highest BCUT2D eigenvalue weighted by molar-refractivity contribution is 14.1. The molecule has 72 valence electrons. The van der Waals surface area contributed by atoms with Gasteiger partial charge in [-0.15, -0.1) is 5.10 Å². The van der Waals surface area contributed by atoms with Crippen LogP contribution >= 0.6 is 34.2 Å². The number of nitrogens with two attached hydrogens (primary N) is 1. The van der Waals surface area contributed by atoms with Gasteiger partial charge in [0.15, 0.2) is 5.82 Å². The maximum Gasteiger partial charge on any atom is 0.239 e. The molecular formula is C8H6ClIN4. The Morgan fingerprint density at radius 3 is 2.71 bits per heavy atom. The van der Waals surface area contributed by atoms with Crippen LogP contribution in [0.4, 0.5) is 5.95 Å². The maximum absolute atomic E-state index is 5.91. The molecule has 4 nitrogen and oxygen atoms in total. The second kappa shape index (κ2) is 3.74. The number of anilines is 1. The number of nitrogen functional groups attached to an aromatic ring is 1. The highest BCUT2D eigenvalue weighted by Crippen LogP contribution is 2.23. The van der Waals surface area contributed by atoms with E-state index in [4.69, 9.17) is 17.3 Å². The standard InChI is InChI=1S/C8H6ClIN4/c9-5-1-4(2-6(10)3-5)7-12-8(11)14-13-7/h1-3H,(H3,11,12,13,14). The van der Waals surface area contributed by atoms with Gasteiger partial charge in [0.25, 0.3) is 0 Å². The molecule has 0 aliphatic rings. The summed E-state index contributed by atoms with van der Waals surface area (Å²) in [6.45, 7) is 0. The van der Waals surface area contributed by atoms with Crippen molar-refractivity contribution in [3.8, 4) is 11.4 Å². The predicted molar refractivity (Wildman–Crippen MR) is 64.0 cm³/mol. The molecule has 0 saturated heterocycles. The third kappa shape index (κ3) is 1.98. The zero-order valence-electron chi connectivity index (χ0n) is 6.96. The van der Waals surface area contributed by atoms with Crippen molar-refractivity contribution in [2.45, 2.75) is 0 Å². The van der Waals surface area contributed by atoms with Crippen LogP contribution < -0.4 is 5.73 Å². The maximum atomic E-state index is 5.91. The van der Waals surface area contributed by atoms with Gasteiger partial charge in [-0.1, -0.05) is 11.6 Å². The van der Waals surface area contributed by atoms with Crippen molar-refractivity contribution in [3.63, 3.8) is 0 Å². The predicted octanol–water partition coefficient (Wildman–Crippen LogP) is 2.31. The van der Waals surface area contributed by atoms with E-state index in [1.807, 2.05) is 18.2 Å². The van der Waals surface area contributed by atoms with E-state index in [0.29, 0.717) is 10.8 Å². The number of benzene rings is 1. The van der Waals surface area contributed by atoms with Gasteiger partial charge in [0, 0.05) is 14.2 Å². The Hall–Kier alpha value is -0.820. The van der Waals surface area contributed by atoms with E-state index < -0.39 is 0 Å². The van der Waals surface area contributed by atoms with Gasteiger partial charge in [-0.2, -0.15) is 4.98 Å². The first kappa shape index (κ1) is 9.72. The monoisotopic (exact) mass is 320 g/mol. The van der Waals surface area contributed by atoms with Crippen LogP contribution in [0.15, 0.2) is 18.2 Å². The molecule has 14 heavy (non-hydrogen) atoms. The van der Waals surface area contributed by atoms with Crippen molar-refractivity contribution in [3.05, 3.63) is 26.8 Å². The zero-order chi connectivity index (χ0) is 10.1. The zero-order valence-corrected chi connectivity index (χ0v) is 9.87. The molecule has 0 bridgehead atoms. The molecular weight excluding hydrogens is 314 g/mol. The Morgan fingerprint density at radius 2 is 2.14 bits per heavy atom. The van der Waals surface area contributed by atoms with Crippen LogP contribution in [0.1, 0.15) is 0 Å². The molecule has 0 saturated carbocycles. The third-order valence-corrected chi connectivity index (χ3v) is 2.48. The molecule has 1 aromatic heterocycles. The third-order valence-electron chi connectivity index (χ3n) is 1.64. The molecule has 0 unspecified atom stereocenters. The van der Waals surface area contributed by atoms with E-state index in [0.717, 1.165) is 9.13 Å². The molecule has 0 aliphatic heterocycles. The first-order valence-corrected chi connectivity index (χ1v) is 5.25. The van der Waals surface area contributed by atoms with Crippen molar-refractivity contribution >= 4 is 40.1 Å². The van der Waals surface area contributed by atoms with Crippen LogP contribution in [-0.2, 0) is 0 Å². The number of nitrogens with zero attached hydrogens (tertiary/aromatic N) is 2. The summed E-state index contributed by atoms with van der Waals surface area (Å²) < 4.78 is 1.04. The number of rotatable bonds is 1. The van der Waals surface area contributed by atoms with Gasteiger partial charge in [-0.3, -0.25) is 5.10 Å². The number of nitrogens with one attached hydrogen (secondary N) is 1. The second-order valence-electron chi connectivity index (χ2n) is 2.70. The molecule has 1 aromatic carbocycles. The van der Waals surface area contributed by atoms with Crippen LogP contribution in [0.3, 0.4) is 0 Å². The molecule has 0 fully saturated rings. The van der Waals surface area contributed by atoms with E-state index in [2.05, 4.69) is 37.8 Å². The summed E-state index contributed by atoms with van der Waals surface area (Å²) in [5, 5.41) is 7.14. The van der Waals surface area contributed by atoms with Gasteiger partial charge in [-0.25, -0.2) is 0 Å². The summed E-state index contributed by atoms with van der Waals surface area (Å²) in [4.78, 5) is 4.01. The SMILES string of the molecule is Nc1n[nH]c(-c2cc(Cl)cc(I)c2)n1. The molecule has 1 heterocycles. The first-order valence-electron chi connectivity index (χ1n) is 3.79. The Kier molecular flexibility index (Phi) is 2.60. The van der Waals surface area contributed by atoms with Gasteiger partial charge in [0.1, 0.15) is 0 Å². The average Bonchev–Trinajstić information content (AvgIpc) is 2.50. The number of halogens is 2. The van der Waals surface area contributed by atoms with E-state index in [9.17, 15) is 0 Å². The molecule has 0 atom stereocenters. The molecule has 0 spiro atoms. The molecule has 6 heteroatoms. The number of aromatic amines is 1. The lowest BCUT2D eigenvalue weighted by Gasteiger charge is -1.98. The molecule has 0 aliphatic carbocycles. The van der Waals surface area contributed by atoms with Crippen LogP contribution in [0.2, 0.25) is 5.02 Å². The fourth-order valence-corrected chi connectivity index (χ4v) is 2.18. The van der Waals surface area contributed by atoms with Gasteiger partial charge >= 0.3 is 0 Å². The van der Waals surface area contributed by atoms with Crippen molar-refractivity contribution < 1.29 is 0 Å². The van der Waals surface area contributed by atoms with E-state index >= 15 is 0 Å². The van der Waals surface area contributed by atoms with Crippen LogP contribution in [0.25, 0.3) is 11.4 Å². The van der Waals surface area contributed by atoms with Crippen LogP contribution in [-0.4, -0.2) is 15.2 Å². The smallest absolute Gasteiger partial charge is 0.239 e. The molecule has 2 rings (SSSR count). The second-order valence-corrected chi connectivity index (χ2v) is 4.38. The van der Waals surface area contributed by atoms with Crippen molar-refractivity contribution in [1.82, 2.24) is 15.2 Å². The summed E-state index contributed by atoms with van der Waals surface area (Å²) in [6.07, 6.45) is 0. The van der Waals surface area contributed by atoms with E-state index in [-0.39, 0.29) is 5.95 Å². The Balaban J connectivity index is 2.51. The normalized spacial score (nSPS) is 10.4. The topological polar surface area (TPSA) is 67.6 Å². The Labute approximate surface area is 99.0 Å². The summed E-state index contributed by atoms with van der Waals surface area (Å²) in [6, 6.07) is 5.63. The van der Waals surface area contributed by atoms with Gasteiger partial charge in [-0.05, 0) is 40.8 Å². The van der Waals surface area contributed by atoms with Gasteiger partial charge in [0.05, 0.1) is 0 Å². The first-order chi connectivity index (χ1) is 6.65. The highest BCUT2D eigenvalue weighted by atomic mass is 127. The number of aromatic nitrogens is 3. The fourth-order valence-electron chi connectivity index (χ4n) is 1.09. The van der Waals surface area contributed by atoms with E-state index in [1.54, 1.807) is 0 Å². The molecule has 0 radical (unpaired) electrons. The Morgan fingerprint density at radius 1 is 1.36 bits per heavy atom. The van der Waals surface area contributed by atoms with Gasteiger partial charge in [0.2, 0.25) is 5.95 Å². The number of H-pyrrole nitrogens is 1. The quantitative estimate of drug-likeness (QED) is 0.792. The largest absolute Gasteiger partial charge is 0.366 e. The van der Waals surface area contributed by atoms with Crippen molar-refractivity contribution in [2.75, 3.05) is 5.73 Å². The molecule has 3 N–H and O–H groups in total. The minimum absolute atomic E-state index is 0.231. The van der Waals surface area contributed by atoms with Crippen LogP contribution in [0.5, 0.6) is 0 Å². The summed E-state index contributed by atoms with van der Waals surface area (Å²) >= 11 is 8.10. The van der Waals surface area contributed by atoms with Crippen LogP contribution in [0, 0.1) is 3.57 Å². The fraction of sp³-hybridized carbons (Fsp3) is 0.